The molecule has 0 amide bonds. The summed E-state index contributed by atoms with van der Waals surface area (Å²) >= 11 is 6.54. The zero-order valence-corrected chi connectivity index (χ0v) is 13.6. The molecule has 2 atom stereocenters. The quantitative estimate of drug-likeness (QED) is 0.638. The van der Waals surface area contributed by atoms with Gasteiger partial charge in [0.05, 0.1) is 31.1 Å². The Labute approximate surface area is 136 Å². The lowest BCUT2D eigenvalue weighted by Gasteiger charge is -2.18. The number of halogens is 3. The summed E-state index contributed by atoms with van der Waals surface area (Å²) in [5.74, 6) is 0.564. The Morgan fingerprint density at radius 3 is 2.59 bits per heavy atom. The summed E-state index contributed by atoms with van der Waals surface area (Å²) in [7, 11) is 1.63. The van der Waals surface area contributed by atoms with E-state index in [0.29, 0.717) is 13.2 Å². The van der Waals surface area contributed by atoms with Crippen molar-refractivity contribution in [3.05, 3.63) is 0 Å². The first-order valence-corrected chi connectivity index (χ1v) is 8.19. The number of ether oxygens (including phenoxy) is 1. The lowest BCUT2D eigenvalue weighted by molar-refractivity contribution is 0.111. The lowest BCUT2D eigenvalue weighted by Crippen LogP contribution is -2.31. The molecule has 0 radical (unpaired) electrons. The highest BCUT2D eigenvalue weighted by Gasteiger charge is 2.28. The molecule has 2 rings (SSSR count). The molecule has 1 fully saturated rings. The van der Waals surface area contributed by atoms with Crippen LogP contribution in [0, 0.1) is 0 Å². The first kappa shape index (κ1) is 17.2. The number of aromatic nitrogens is 3. The second kappa shape index (κ2) is 7.42. The smallest absolute Gasteiger partial charge is 0.338 e. The fourth-order valence-corrected chi connectivity index (χ4v) is 2.65. The van der Waals surface area contributed by atoms with Crippen molar-refractivity contribution in [1.82, 2.24) is 15.0 Å². The SMILES string of the molecule is CNc1nc(NCC(F)(F)Cl)nc(N[C@@H]2COC[C@H]2SC)n1. The standard InChI is InChI=1S/C11H17ClF2N6OS/c1-15-8-18-9(16-5-11(12,13)14)20-10(19-8)17-6-3-21-4-7(6)22-2/h6-7H,3-5H2,1-2H3,(H3,15,16,17,18,19,20)/t6-,7-/m1/s1. The number of nitrogens with one attached hydrogen (secondary N) is 3. The highest BCUT2D eigenvalue weighted by atomic mass is 35.5. The molecule has 2 heterocycles. The summed E-state index contributed by atoms with van der Waals surface area (Å²) in [6.45, 7) is 0.405. The van der Waals surface area contributed by atoms with E-state index in [4.69, 9.17) is 16.3 Å². The van der Waals surface area contributed by atoms with Crippen molar-refractivity contribution in [2.45, 2.75) is 16.7 Å². The van der Waals surface area contributed by atoms with Crippen LogP contribution in [0.1, 0.15) is 0 Å². The monoisotopic (exact) mass is 354 g/mol. The molecule has 0 spiro atoms. The van der Waals surface area contributed by atoms with Gasteiger partial charge in [-0.1, -0.05) is 0 Å². The van der Waals surface area contributed by atoms with Crippen LogP contribution in [-0.2, 0) is 4.74 Å². The molecule has 7 nitrogen and oxygen atoms in total. The van der Waals surface area contributed by atoms with Crippen LogP contribution in [0.3, 0.4) is 0 Å². The van der Waals surface area contributed by atoms with Gasteiger partial charge in [-0.05, 0) is 17.9 Å². The van der Waals surface area contributed by atoms with Crippen LogP contribution < -0.4 is 16.0 Å². The Hall–Kier alpha value is -1.13. The average molecular weight is 355 g/mol. The van der Waals surface area contributed by atoms with Gasteiger partial charge in [-0.3, -0.25) is 0 Å². The van der Waals surface area contributed by atoms with Gasteiger partial charge in [0.1, 0.15) is 0 Å². The third-order valence-electron chi connectivity index (χ3n) is 2.95. The van der Waals surface area contributed by atoms with Gasteiger partial charge < -0.3 is 20.7 Å². The first-order chi connectivity index (χ1) is 10.4. The Kier molecular flexibility index (Phi) is 5.81. The molecule has 124 valence electrons. The predicted molar refractivity (Wildman–Crippen MR) is 84.2 cm³/mol. The van der Waals surface area contributed by atoms with Crippen LogP contribution in [0.2, 0.25) is 0 Å². The molecule has 0 bridgehead atoms. The molecular formula is C11H17ClF2N6OS. The third-order valence-corrected chi connectivity index (χ3v) is 4.16. The van der Waals surface area contributed by atoms with Crippen LogP contribution in [0.25, 0.3) is 0 Å². The first-order valence-electron chi connectivity index (χ1n) is 6.53. The highest BCUT2D eigenvalue weighted by molar-refractivity contribution is 7.99. The Balaban J connectivity index is 2.09. The van der Waals surface area contributed by atoms with Crippen molar-refractivity contribution in [1.29, 1.82) is 0 Å². The number of alkyl halides is 3. The molecule has 1 saturated heterocycles. The van der Waals surface area contributed by atoms with E-state index in [2.05, 4.69) is 30.9 Å². The fraction of sp³-hybridized carbons (Fsp3) is 0.727. The maximum absolute atomic E-state index is 12.7. The van der Waals surface area contributed by atoms with Crippen molar-refractivity contribution in [2.75, 3.05) is 49.0 Å². The summed E-state index contributed by atoms with van der Waals surface area (Å²) < 4.78 is 30.8. The molecule has 11 heteroatoms. The predicted octanol–water partition coefficient (Wildman–Crippen LogP) is 1.70. The van der Waals surface area contributed by atoms with Crippen LogP contribution in [0.4, 0.5) is 26.6 Å². The number of hydrogen-bond donors (Lipinski definition) is 3. The summed E-state index contributed by atoms with van der Waals surface area (Å²) in [4.78, 5) is 12.2. The van der Waals surface area contributed by atoms with E-state index in [1.165, 1.54) is 0 Å². The van der Waals surface area contributed by atoms with Crippen LogP contribution in [-0.4, -0.2) is 64.7 Å². The van der Waals surface area contributed by atoms with E-state index >= 15 is 0 Å². The van der Waals surface area contributed by atoms with Gasteiger partial charge in [0.2, 0.25) is 17.8 Å². The number of thioether (sulfide) groups is 1. The molecule has 22 heavy (non-hydrogen) atoms. The van der Waals surface area contributed by atoms with Crippen LogP contribution in [0.15, 0.2) is 0 Å². The zero-order valence-electron chi connectivity index (χ0n) is 12.1. The van der Waals surface area contributed by atoms with Gasteiger partial charge in [0, 0.05) is 7.05 Å². The molecule has 0 unspecified atom stereocenters. The van der Waals surface area contributed by atoms with E-state index in [-0.39, 0.29) is 29.1 Å². The Bertz CT molecular complexity index is 506. The molecule has 1 aliphatic rings. The van der Waals surface area contributed by atoms with E-state index in [1.54, 1.807) is 18.8 Å². The van der Waals surface area contributed by atoms with Gasteiger partial charge in [0.25, 0.3) is 0 Å². The molecular weight excluding hydrogens is 338 g/mol. The average Bonchev–Trinajstić information content (AvgIpc) is 2.91. The molecule has 1 aromatic heterocycles. The molecule has 0 saturated carbocycles. The highest BCUT2D eigenvalue weighted by Crippen LogP contribution is 2.22. The summed E-state index contributed by atoms with van der Waals surface area (Å²) in [6.07, 6.45) is 2.00. The lowest BCUT2D eigenvalue weighted by atomic mass is 10.2. The van der Waals surface area contributed by atoms with E-state index < -0.39 is 11.9 Å². The van der Waals surface area contributed by atoms with E-state index in [1.807, 2.05) is 6.26 Å². The molecule has 0 aliphatic carbocycles. The van der Waals surface area contributed by atoms with Crippen LogP contribution in [0.5, 0.6) is 0 Å². The van der Waals surface area contributed by atoms with Crippen molar-refractivity contribution in [3.63, 3.8) is 0 Å². The minimum Gasteiger partial charge on any atom is -0.378 e. The summed E-state index contributed by atoms with van der Waals surface area (Å²) in [5, 5.41) is 5.20. The minimum atomic E-state index is -3.37. The summed E-state index contributed by atoms with van der Waals surface area (Å²) in [5.41, 5.74) is 0. The van der Waals surface area contributed by atoms with E-state index in [0.717, 1.165) is 0 Å². The normalized spacial score (nSPS) is 21.7. The van der Waals surface area contributed by atoms with Gasteiger partial charge in [0.15, 0.2) is 0 Å². The zero-order chi connectivity index (χ0) is 16.2. The van der Waals surface area contributed by atoms with E-state index in [9.17, 15) is 8.78 Å². The number of nitrogens with zero attached hydrogens (tertiary/aromatic N) is 3. The molecule has 0 aromatic carbocycles. The second-order valence-electron chi connectivity index (χ2n) is 4.59. The van der Waals surface area contributed by atoms with Gasteiger partial charge in [-0.15, -0.1) is 0 Å². The minimum absolute atomic E-state index is 0.0155. The van der Waals surface area contributed by atoms with Gasteiger partial charge >= 0.3 is 5.38 Å². The maximum Gasteiger partial charge on any atom is 0.338 e. The van der Waals surface area contributed by atoms with Gasteiger partial charge in [-0.2, -0.15) is 35.5 Å². The van der Waals surface area contributed by atoms with Gasteiger partial charge in [-0.25, -0.2) is 0 Å². The van der Waals surface area contributed by atoms with Crippen molar-refractivity contribution in [2.24, 2.45) is 0 Å². The Morgan fingerprint density at radius 1 is 1.27 bits per heavy atom. The number of rotatable bonds is 7. The molecule has 3 N–H and O–H groups in total. The van der Waals surface area contributed by atoms with Crippen molar-refractivity contribution < 1.29 is 13.5 Å². The van der Waals surface area contributed by atoms with Crippen LogP contribution >= 0.6 is 23.4 Å². The second-order valence-corrected chi connectivity index (χ2v) is 6.22. The topological polar surface area (TPSA) is 84.0 Å². The number of anilines is 3. The fourth-order valence-electron chi connectivity index (χ4n) is 1.88. The summed E-state index contributed by atoms with van der Waals surface area (Å²) in [6, 6.07) is 0.0458. The number of hydrogen-bond acceptors (Lipinski definition) is 8. The Morgan fingerprint density at radius 2 is 1.95 bits per heavy atom. The van der Waals surface area contributed by atoms with Crippen molar-refractivity contribution >= 4 is 41.2 Å². The molecule has 1 aromatic rings. The maximum atomic E-state index is 12.7. The largest absolute Gasteiger partial charge is 0.378 e. The molecule has 1 aliphatic heterocycles. The van der Waals surface area contributed by atoms with Crippen molar-refractivity contribution in [3.8, 4) is 0 Å². The third kappa shape index (κ3) is 4.96.